The molecular formula is C13H15ClO3. The summed E-state index contributed by atoms with van der Waals surface area (Å²) in [6.07, 6.45) is 2.16. The largest absolute Gasteiger partial charge is 0.495 e. The number of carboxylic acid groups (broad SMARTS) is 1. The molecule has 0 saturated heterocycles. The average Bonchev–Trinajstić information content (AvgIpc) is 3.09. The van der Waals surface area contributed by atoms with Gasteiger partial charge in [-0.05, 0) is 42.5 Å². The predicted octanol–water partition coefficient (Wildman–Crippen LogP) is 3.03. The molecule has 1 aliphatic rings. The van der Waals surface area contributed by atoms with Gasteiger partial charge in [0.05, 0.1) is 17.5 Å². The van der Waals surface area contributed by atoms with Gasteiger partial charge in [-0.3, -0.25) is 4.79 Å². The van der Waals surface area contributed by atoms with Crippen molar-refractivity contribution in [3.05, 3.63) is 28.3 Å². The molecule has 0 aromatic heterocycles. The Kier molecular flexibility index (Phi) is 3.04. The van der Waals surface area contributed by atoms with Crippen LogP contribution in [0, 0.1) is 0 Å². The quantitative estimate of drug-likeness (QED) is 0.898. The standard InChI is InChI=1S/C13H15ClO3/c1-3-8-6-11(17-2)10(14)7-9(8)13(4-5-13)12(15)16/h6-7H,3-5H2,1-2H3,(H,15,16). The van der Waals surface area contributed by atoms with E-state index in [9.17, 15) is 9.90 Å². The van der Waals surface area contributed by atoms with Crippen LogP contribution < -0.4 is 4.74 Å². The zero-order valence-electron chi connectivity index (χ0n) is 9.92. The molecule has 0 radical (unpaired) electrons. The van der Waals surface area contributed by atoms with Gasteiger partial charge in [-0.1, -0.05) is 18.5 Å². The Morgan fingerprint density at radius 2 is 2.18 bits per heavy atom. The SMILES string of the molecule is CCc1cc(OC)c(Cl)cc1C1(C(=O)O)CC1. The van der Waals surface area contributed by atoms with E-state index in [-0.39, 0.29) is 0 Å². The molecule has 1 aromatic rings. The number of carbonyl (C=O) groups is 1. The lowest BCUT2D eigenvalue weighted by atomic mass is 9.90. The van der Waals surface area contributed by atoms with Crippen molar-refractivity contribution < 1.29 is 14.6 Å². The number of hydrogen-bond donors (Lipinski definition) is 1. The third-order valence-electron chi connectivity index (χ3n) is 3.43. The van der Waals surface area contributed by atoms with Gasteiger partial charge in [-0.15, -0.1) is 0 Å². The monoisotopic (exact) mass is 254 g/mol. The van der Waals surface area contributed by atoms with E-state index in [2.05, 4.69) is 0 Å². The molecule has 1 N–H and O–H groups in total. The van der Waals surface area contributed by atoms with Gasteiger partial charge in [-0.2, -0.15) is 0 Å². The number of benzene rings is 1. The second kappa shape index (κ2) is 4.22. The number of carboxylic acids is 1. The molecule has 0 atom stereocenters. The van der Waals surface area contributed by atoms with E-state index in [1.54, 1.807) is 13.2 Å². The van der Waals surface area contributed by atoms with Crippen LogP contribution in [0.5, 0.6) is 5.75 Å². The molecule has 4 heteroatoms. The molecule has 3 nitrogen and oxygen atoms in total. The number of halogens is 1. The van der Waals surface area contributed by atoms with Gasteiger partial charge in [0.15, 0.2) is 0 Å². The molecule has 17 heavy (non-hydrogen) atoms. The first kappa shape index (κ1) is 12.2. The van der Waals surface area contributed by atoms with Crippen molar-refractivity contribution in [1.82, 2.24) is 0 Å². The summed E-state index contributed by atoms with van der Waals surface area (Å²) < 4.78 is 5.16. The molecule has 0 heterocycles. The molecule has 1 fully saturated rings. The van der Waals surface area contributed by atoms with Crippen LogP contribution in [0.25, 0.3) is 0 Å². The second-order valence-electron chi connectivity index (χ2n) is 4.38. The molecule has 0 spiro atoms. The van der Waals surface area contributed by atoms with Crippen LogP contribution in [-0.4, -0.2) is 18.2 Å². The highest BCUT2D eigenvalue weighted by atomic mass is 35.5. The van der Waals surface area contributed by atoms with Crippen molar-refractivity contribution >= 4 is 17.6 Å². The van der Waals surface area contributed by atoms with E-state index in [4.69, 9.17) is 16.3 Å². The fourth-order valence-electron chi connectivity index (χ4n) is 2.21. The van der Waals surface area contributed by atoms with Gasteiger partial charge < -0.3 is 9.84 Å². The summed E-state index contributed by atoms with van der Waals surface area (Å²) in [4.78, 5) is 11.3. The van der Waals surface area contributed by atoms with E-state index in [0.717, 1.165) is 17.5 Å². The van der Waals surface area contributed by atoms with Crippen molar-refractivity contribution in [3.63, 3.8) is 0 Å². The Hall–Kier alpha value is -1.22. The topological polar surface area (TPSA) is 46.5 Å². The summed E-state index contributed by atoms with van der Waals surface area (Å²) in [5.41, 5.74) is 1.14. The Morgan fingerprint density at radius 1 is 1.53 bits per heavy atom. The fourth-order valence-corrected chi connectivity index (χ4v) is 2.45. The summed E-state index contributed by atoms with van der Waals surface area (Å²) in [5, 5.41) is 9.80. The van der Waals surface area contributed by atoms with Crippen LogP contribution in [-0.2, 0) is 16.6 Å². The lowest BCUT2D eigenvalue weighted by molar-refractivity contribution is -0.140. The molecule has 1 aromatic carbocycles. The Morgan fingerprint density at radius 3 is 2.59 bits per heavy atom. The van der Waals surface area contributed by atoms with Crippen molar-refractivity contribution in [2.24, 2.45) is 0 Å². The number of ether oxygens (including phenoxy) is 1. The van der Waals surface area contributed by atoms with E-state index in [0.29, 0.717) is 23.6 Å². The normalized spacial score (nSPS) is 16.6. The average molecular weight is 255 g/mol. The first-order valence-corrected chi connectivity index (χ1v) is 6.03. The highest BCUT2D eigenvalue weighted by molar-refractivity contribution is 6.32. The van der Waals surface area contributed by atoms with Gasteiger partial charge in [0.1, 0.15) is 5.75 Å². The fraction of sp³-hybridized carbons (Fsp3) is 0.462. The zero-order valence-corrected chi connectivity index (χ0v) is 10.7. The maximum Gasteiger partial charge on any atom is 0.314 e. The summed E-state index contributed by atoms with van der Waals surface area (Å²) in [7, 11) is 1.56. The number of rotatable bonds is 4. The van der Waals surface area contributed by atoms with E-state index >= 15 is 0 Å². The van der Waals surface area contributed by atoms with Crippen molar-refractivity contribution in [1.29, 1.82) is 0 Å². The van der Waals surface area contributed by atoms with Crippen LogP contribution in [0.2, 0.25) is 5.02 Å². The first-order chi connectivity index (χ1) is 8.05. The summed E-state index contributed by atoms with van der Waals surface area (Å²) in [6, 6.07) is 3.60. The number of hydrogen-bond acceptors (Lipinski definition) is 2. The molecule has 1 aliphatic carbocycles. The van der Waals surface area contributed by atoms with Gasteiger partial charge in [-0.25, -0.2) is 0 Å². The minimum Gasteiger partial charge on any atom is -0.495 e. The molecule has 2 rings (SSSR count). The van der Waals surface area contributed by atoms with Crippen LogP contribution in [0.1, 0.15) is 30.9 Å². The van der Waals surface area contributed by atoms with E-state index in [1.807, 2.05) is 13.0 Å². The van der Waals surface area contributed by atoms with Crippen LogP contribution >= 0.6 is 11.6 Å². The van der Waals surface area contributed by atoms with E-state index < -0.39 is 11.4 Å². The zero-order chi connectivity index (χ0) is 12.6. The first-order valence-electron chi connectivity index (χ1n) is 5.65. The molecule has 1 saturated carbocycles. The molecule has 92 valence electrons. The summed E-state index contributed by atoms with van der Waals surface area (Å²) >= 11 is 6.08. The minimum absolute atomic E-state index is 0.479. The Balaban J connectivity index is 2.54. The van der Waals surface area contributed by atoms with Gasteiger partial charge >= 0.3 is 5.97 Å². The highest BCUT2D eigenvalue weighted by Gasteiger charge is 2.52. The predicted molar refractivity (Wildman–Crippen MR) is 65.9 cm³/mol. The smallest absolute Gasteiger partial charge is 0.314 e. The lowest BCUT2D eigenvalue weighted by Crippen LogP contribution is -2.21. The van der Waals surface area contributed by atoms with Gasteiger partial charge in [0.25, 0.3) is 0 Å². The van der Waals surface area contributed by atoms with E-state index in [1.165, 1.54) is 0 Å². The van der Waals surface area contributed by atoms with Crippen LogP contribution in [0.4, 0.5) is 0 Å². The van der Waals surface area contributed by atoms with Gasteiger partial charge in [0.2, 0.25) is 0 Å². The second-order valence-corrected chi connectivity index (χ2v) is 4.79. The molecule has 0 bridgehead atoms. The maximum atomic E-state index is 11.3. The number of aryl methyl sites for hydroxylation is 1. The van der Waals surface area contributed by atoms with Crippen molar-refractivity contribution in [3.8, 4) is 5.75 Å². The number of aliphatic carboxylic acids is 1. The van der Waals surface area contributed by atoms with Gasteiger partial charge in [0, 0.05) is 0 Å². The lowest BCUT2D eigenvalue weighted by Gasteiger charge is -2.17. The Bertz CT molecular complexity index is 464. The molecule has 0 unspecified atom stereocenters. The third kappa shape index (κ3) is 1.89. The minimum atomic E-state index is -0.756. The van der Waals surface area contributed by atoms with Crippen molar-refractivity contribution in [2.45, 2.75) is 31.6 Å². The van der Waals surface area contributed by atoms with Crippen molar-refractivity contribution in [2.75, 3.05) is 7.11 Å². The number of methoxy groups -OCH3 is 1. The van der Waals surface area contributed by atoms with Crippen LogP contribution in [0.3, 0.4) is 0 Å². The maximum absolute atomic E-state index is 11.3. The highest BCUT2D eigenvalue weighted by Crippen LogP contribution is 2.51. The van der Waals surface area contributed by atoms with Crippen LogP contribution in [0.15, 0.2) is 12.1 Å². The molecule has 0 aliphatic heterocycles. The molecule has 0 amide bonds. The summed E-state index contributed by atoms with van der Waals surface area (Å²) in [5.74, 6) is -0.151. The Labute approximate surface area is 105 Å². The summed E-state index contributed by atoms with van der Waals surface area (Å²) in [6.45, 7) is 2.00. The molecular weight excluding hydrogens is 240 g/mol. The third-order valence-corrected chi connectivity index (χ3v) is 3.73.